The van der Waals surface area contributed by atoms with Crippen LogP contribution in [0.3, 0.4) is 0 Å². The van der Waals surface area contributed by atoms with Gasteiger partial charge in [0.1, 0.15) is 0 Å². The van der Waals surface area contributed by atoms with Crippen LogP contribution in [0.25, 0.3) is 6.08 Å². The molecule has 1 heterocycles. The molecule has 0 atom stereocenters. The maximum Gasteiger partial charge on any atom is 0.244 e. The van der Waals surface area contributed by atoms with E-state index in [2.05, 4.69) is 12.2 Å². The summed E-state index contributed by atoms with van der Waals surface area (Å²) in [6, 6.07) is 6.14. The van der Waals surface area contributed by atoms with Crippen molar-refractivity contribution in [3.63, 3.8) is 0 Å². The van der Waals surface area contributed by atoms with Gasteiger partial charge in [-0.25, -0.2) is 0 Å². The monoisotopic (exact) mass is 321 g/mol. The topological polar surface area (TPSA) is 33.5 Å². The van der Waals surface area contributed by atoms with Crippen molar-refractivity contribution in [1.29, 1.82) is 0 Å². The fourth-order valence-electron chi connectivity index (χ4n) is 2.91. The molecule has 1 aromatic rings. The molecule has 0 saturated carbocycles. The van der Waals surface area contributed by atoms with Crippen LogP contribution in [0.15, 0.2) is 24.3 Å². The molecule has 0 spiro atoms. The predicted octanol–water partition coefficient (Wildman–Crippen LogP) is 2.24. The summed E-state index contributed by atoms with van der Waals surface area (Å²) in [7, 11) is 0. The van der Waals surface area contributed by atoms with Crippen molar-refractivity contribution in [2.45, 2.75) is 39.2 Å². The Morgan fingerprint density at radius 3 is 2.77 bits per heavy atom. The first-order valence-corrected chi connectivity index (χ1v) is 8.54. The number of benzene rings is 1. The number of likely N-dealkylation sites (tertiary alicyclic amines) is 1. The molecule has 2 rings (SSSR count). The largest absolute Gasteiger partial charge is 0.349 e. The molecular formula is C18H26ClN2O+. The number of nitrogens with one attached hydrogen (secondary N) is 2. The van der Waals surface area contributed by atoms with E-state index >= 15 is 0 Å². The van der Waals surface area contributed by atoms with E-state index in [0.717, 1.165) is 42.1 Å². The van der Waals surface area contributed by atoms with Crippen molar-refractivity contribution in [1.82, 2.24) is 5.32 Å². The van der Waals surface area contributed by atoms with E-state index in [-0.39, 0.29) is 5.91 Å². The molecule has 0 aliphatic carbocycles. The molecule has 1 aliphatic rings. The molecule has 0 aromatic heterocycles. The number of amides is 1. The van der Waals surface area contributed by atoms with Crippen molar-refractivity contribution < 1.29 is 9.69 Å². The second-order valence-electron chi connectivity index (χ2n) is 6.12. The smallest absolute Gasteiger partial charge is 0.244 e. The van der Waals surface area contributed by atoms with E-state index in [1.54, 1.807) is 11.0 Å². The van der Waals surface area contributed by atoms with Crippen molar-refractivity contribution in [3.05, 3.63) is 40.4 Å². The number of piperidine rings is 1. The van der Waals surface area contributed by atoms with Gasteiger partial charge in [-0.3, -0.25) is 4.79 Å². The molecule has 120 valence electrons. The maximum absolute atomic E-state index is 12.0. The first-order valence-electron chi connectivity index (χ1n) is 8.16. The van der Waals surface area contributed by atoms with E-state index < -0.39 is 0 Å². The number of halogens is 1. The summed E-state index contributed by atoms with van der Waals surface area (Å²) in [5.41, 5.74) is 2.00. The molecule has 3 nitrogen and oxygen atoms in total. The van der Waals surface area contributed by atoms with Crippen molar-refractivity contribution in [2.24, 2.45) is 0 Å². The van der Waals surface area contributed by atoms with Gasteiger partial charge in [-0.15, -0.1) is 0 Å². The van der Waals surface area contributed by atoms with Gasteiger partial charge in [-0.05, 0) is 36.6 Å². The van der Waals surface area contributed by atoms with E-state index in [9.17, 15) is 4.79 Å². The Balaban J connectivity index is 1.80. The number of quaternary nitrogens is 1. The van der Waals surface area contributed by atoms with Gasteiger partial charge >= 0.3 is 0 Å². The standard InChI is InChI=1S/C18H25ClN2O/c1-3-10-21-11-8-16(9-12-21)20-18(22)7-6-15-5-4-14(2)17(19)13-15/h4-7,13,16H,3,8-12H2,1-2H3,(H,20,22)/p+1/b7-6+. The van der Waals surface area contributed by atoms with Crippen LogP contribution in [0.1, 0.15) is 37.3 Å². The van der Waals surface area contributed by atoms with Gasteiger partial charge in [0, 0.05) is 30.0 Å². The van der Waals surface area contributed by atoms with E-state index in [0.29, 0.717) is 6.04 Å². The Hall–Kier alpha value is -1.32. The lowest BCUT2D eigenvalue weighted by Crippen LogP contribution is -3.13. The van der Waals surface area contributed by atoms with E-state index in [4.69, 9.17) is 11.6 Å². The van der Waals surface area contributed by atoms with Crippen LogP contribution in [0.5, 0.6) is 0 Å². The van der Waals surface area contributed by atoms with Gasteiger partial charge in [-0.2, -0.15) is 0 Å². The highest BCUT2D eigenvalue weighted by atomic mass is 35.5. The fraction of sp³-hybridized carbons (Fsp3) is 0.500. The summed E-state index contributed by atoms with van der Waals surface area (Å²) in [5, 5.41) is 3.84. The SMILES string of the molecule is CCC[NH+]1CCC(NC(=O)/C=C/c2ccc(C)c(Cl)c2)CC1. The first kappa shape index (κ1) is 17.0. The van der Waals surface area contributed by atoms with Gasteiger partial charge < -0.3 is 10.2 Å². The van der Waals surface area contributed by atoms with Crippen LogP contribution in [0.4, 0.5) is 0 Å². The lowest BCUT2D eigenvalue weighted by molar-refractivity contribution is -0.905. The highest BCUT2D eigenvalue weighted by molar-refractivity contribution is 6.31. The lowest BCUT2D eigenvalue weighted by atomic mass is 10.0. The molecule has 0 unspecified atom stereocenters. The number of rotatable bonds is 5. The van der Waals surface area contributed by atoms with Crippen LogP contribution in [-0.4, -0.2) is 31.6 Å². The second kappa shape index (κ2) is 8.35. The summed E-state index contributed by atoms with van der Waals surface area (Å²) >= 11 is 6.09. The van der Waals surface area contributed by atoms with Gasteiger partial charge in [0.05, 0.1) is 19.6 Å². The van der Waals surface area contributed by atoms with Crippen LogP contribution in [0, 0.1) is 6.92 Å². The van der Waals surface area contributed by atoms with Crippen LogP contribution in [-0.2, 0) is 4.79 Å². The van der Waals surface area contributed by atoms with Crippen molar-refractivity contribution >= 4 is 23.6 Å². The number of carbonyl (C=O) groups is 1. The molecule has 1 fully saturated rings. The first-order chi connectivity index (χ1) is 10.6. The summed E-state index contributed by atoms with van der Waals surface area (Å²) in [4.78, 5) is 13.7. The molecule has 4 heteroatoms. The molecule has 22 heavy (non-hydrogen) atoms. The molecule has 1 aromatic carbocycles. The Morgan fingerprint density at radius 1 is 1.41 bits per heavy atom. The highest BCUT2D eigenvalue weighted by Crippen LogP contribution is 2.17. The Morgan fingerprint density at radius 2 is 2.14 bits per heavy atom. The van der Waals surface area contributed by atoms with E-state index in [1.807, 2.05) is 31.2 Å². The zero-order chi connectivity index (χ0) is 15.9. The molecular weight excluding hydrogens is 296 g/mol. The zero-order valence-electron chi connectivity index (χ0n) is 13.5. The Labute approximate surface area is 138 Å². The summed E-state index contributed by atoms with van der Waals surface area (Å²) in [6.07, 6.45) is 6.80. The van der Waals surface area contributed by atoms with Crippen LogP contribution >= 0.6 is 11.6 Å². The number of carbonyl (C=O) groups excluding carboxylic acids is 1. The predicted molar refractivity (Wildman–Crippen MR) is 92.2 cm³/mol. The molecule has 0 bridgehead atoms. The summed E-state index contributed by atoms with van der Waals surface area (Å²) < 4.78 is 0. The average molecular weight is 322 g/mol. The second-order valence-corrected chi connectivity index (χ2v) is 6.53. The van der Waals surface area contributed by atoms with Crippen molar-refractivity contribution in [2.75, 3.05) is 19.6 Å². The van der Waals surface area contributed by atoms with Crippen molar-refractivity contribution in [3.8, 4) is 0 Å². The molecule has 1 saturated heterocycles. The maximum atomic E-state index is 12.0. The Bertz CT molecular complexity index is 534. The minimum absolute atomic E-state index is 0.0133. The van der Waals surface area contributed by atoms with Gasteiger partial charge in [-0.1, -0.05) is 30.7 Å². The van der Waals surface area contributed by atoms with Crippen LogP contribution in [0.2, 0.25) is 5.02 Å². The number of hydrogen-bond donors (Lipinski definition) is 2. The summed E-state index contributed by atoms with van der Waals surface area (Å²) in [6.45, 7) is 7.76. The third-order valence-electron chi connectivity index (χ3n) is 4.27. The summed E-state index contributed by atoms with van der Waals surface area (Å²) in [5.74, 6) is -0.0133. The minimum atomic E-state index is -0.0133. The zero-order valence-corrected chi connectivity index (χ0v) is 14.2. The normalized spacial score (nSPS) is 22.0. The van der Waals surface area contributed by atoms with Gasteiger partial charge in [0.2, 0.25) is 5.91 Å². The lowest BCUT2D eigenvalue weighted by Gasteiger charge is -2.29. The Kier molecular flexibility index (Phi) is 6.47. The molecule has 1 amide bonds. The van der Waals surface area contributed by atoms with Crippen LogP contribution < -0.4 is 10.2 Å². The number of hydrogen-bond acceptors (Lipinski definition) is 1. The van der Waals surface area contributed by atoms with E-state index in [1.165, 1.54) is 13.0 Å². The van der Waals surface area contributed by atoms with Gasteiger partial charge in [0.15, 0.2) is 0 Å². The van der Waals surface area contributed by atoms with Gasteiger partial charge in [0.25, 0.3) is 0 Å². The third-order valence-corrected chi connectivity index (χ3v) is 4.67. The third kappa shape index (κ3) is 5.15. The minimum Gasteiger partial charge on any atom is -0.349 e. The molecule has 2 N–H and O–H groups in total. The fourth-order valence-corrected chi connectivity index (χ4v) is 3.10. The average Bonchev–Trinajstić information content (AvgIpc) is 2.51. The number of aryl methyl sites for hydroxylation is 1. The molecule has 0 radical (unpaired) electrons. The highest BCUT2D eigenvalue weighted by Gasteiger charge is 2.21. The molecule has 1 aliphatic heterocycles. The quantitative estimate of drug-likeness (QED) is 0.801.